The highest BCUT2D eigenvalue weighted by molar-refractivity contribution is 14.0. The van der Waals surface area contributed by atoms with E-state index in [9.17, 15) is 8.42 Å². The van der Waals surface area contributed by atoms with Crippen LogP contribution >= 0.6 is 24.0 Å². The van der Waals surface area contributed by atoms with Crippen LogP contribution in [-0.2, 0) is 16.6 Å². The summed E-state index contributed by atoms with van der Waals surface area (Å²) in [5, 5.41) is 8.57. The minimum absolute atomic E-state index is 0. The molecule has 146 valence electrons. The topological polar surface area (TPSA) is 87.8 Å². The van der Waals surface area contributed by atoms with Crippen molar-refractivity contribution in [3.05, 3.63) is 29.8 Å². The van der Waals surface area contributed by atoms with Gasteiger partial charge in [-0.3, -0.25) is 4.99 Å². The number of nitrogens with two attached hydrogens (primary N) is 1. The van der Waals surface area contributed by atoms with Gasteiger partial charge < -0.3 is 10.2 Å². The SMILES string of the molecule is CN=C(NCc1cccc(S(N)(=O)=O)c1)N1CCC2(CCCCC2)C1.I. The van der Waals surface area contributed by atoms with Gasteiger partial charge in [-0.1, -0.05) is 31.4 Å². The van der Waals surface area contributed by atoms with Crippen LogP contribution in [0, 0.1) is 5.41 Å². The number of benzene rings is 1. The van der Waals surface area contributed by atoms with Crippen molar-refractivity contribution in [2.75, 3.05) is 20.1 Å². The fourth-order valence-corrected chi connectivity index (χ4v) is 4.76. The van der Waals surface area contributed by atoms with Crippen molar-refractivity contribution in [1.29, 1.82) is 0 Å². The molecule has 0 unspecified atom stereocenters. The number of halogens is 1. The first-order chi connectivity index (χ1) is 11.9. The molecule has 0 aromatic heterocycles. The van der Waals surface area contributed by atoms with Crippen molar-refractivity contribution < 1.29 is 8.42 Å². The maximum atomic E-state index is 11.5. The summed E-state index contributed by atoms with van der Waals surface area (Å²) in [5.74, 6) is 0.892. The van der Waals surface area contributed by atoms with Crippen molar-refractivity contribution in [3.63, 3.8) is 0 Å². The summed E-state index contributed by atoms with van der Waals surface area (Å²) in [6, 6.07) is 6.73. The monoisotopic (exact) mass is 492 g/mol. The Balaban J connectivity index is 0.00000243. The van der Waals surface area contributed by atoms with Gasteiger partial charge in [-0.2, -0.15) is 0 Å². The molecule has 0 bridgehead atoms. The van der Waals surface area contributed by atoms with Crippen molar-refractivity contribution in [2.24, 2.45) is 15.5 Å². The van der Waals surface area contributed by atoms with Crippen molar-refractivity contribution in [3.8, 4) is 0 Å². The Hall–Kier alpha value is -0.870. The van der Waals surface area contributed by atoms with Crippen LogP contribution in [0.1, 0.15) is 44.1 Å². The van der Waals surface area contributed by atoms with Gasteiger partial charge in [0.25, 0.3) is 0 Å². The van der Waals surface area contributed by atoms with Gasteiger partial charge in [-0.25, -0.2) is 13.6 Å². The number of likely N-dealkylation sites (tertiary alicyclic amines) is 1. The van der Waals surface area contributed by atoms with E-state index < -0.39 is 10.0 Å². The Bertz CT molecular complexity index is 745. The highest BCUT2D eigenvalue weighted by Crippen LogP contribution is 2.43. The lowest BCUT2D eigenvalue weighted by Gasteiger charge is -2.33. The predicted molar refractivity (Wildman–Crippen MR) is 115 cm³/mol. The zero-order valence-electron chi connectivity index (χ0n) is 15.3. The summed E-state index contributed by atoms with van der Waals surface area (Å²) >= 11 is 0. The summed E-state index contributed by atoms with van der Waals surface area (Å²) in [4.78, 5) is 6.91. The molecule has 26 heavy (non-hydrogen) atoms. The minimum Gasteiger partial charge on any atom is -0.352 e. The van der Waals surface area contributed by atoms with E-state index in [4.69, 9.17) is 5.14 Å². The lowest BCUT2D eigenvalue weighted by Crippen LogP contribution is -2.41. The highest BCUT2D eigenvalue weighted by atomic mass is 127. The summed E-state index contributed by atoms with van der Waals surface area (Å²) in [5.41, 5.74) is 1.35. The molecule has 2 aliphatic rings. The van der Waals surface area contributed by atoms with Crippen LogP contribution in [0.15, 0.2) is 34.2 Å². The first-order valence-electron chi connectivity index (χ1n) is 8.99. The number of nitrogens with one attached hydrogen (secondary N) is 1. The Morgan fingerprint density at radius 2 is 2.00 bits per heavy atom. The Labute approximate surface area is 173 Å². The van der Waals surface area contributed by atoms with Crippen LogP contribution < -0.4 is 10.5 Å². The average molecular weight is 492 g/mol. The molecule has 1 spiro atoms. The van der Waals surface area contributed by atoms with E-state index >= 15 is 0 Å². The molecule has 0 amide bonds. The molecular formula is C18H29IN4O2S. The van der Waals surface area contributed by atoms with Crippen LogP contribution in [0.4, 0.5) is 0 Å². The molecule has 0 radical (unpaired) electrons. The minimum atomic E-state index is -3.67. The third-order valence-electron chi connectivity index (χ3n) is 5.54. The van der Waals surface area contributed by atoms with Crippen LogP contribution in [0.3, 0.4) is 0 Å². The van der Waals surface area contributed by atoms with Gasteiger partial charge in [-0.05, 0) is 42.4 Å². The average Bonchev–Trinajstić information content (AvgIpc) is 2.99. The lowest BCUT2D eigenvalue weighted by atomic mass is 9.73. The second kappa shape index (κ2) is 8.88. The van der Waals surface area contributed by atoms with Gasteiger partial charge in [0.05, 0.1) is 4.90 Å². The van der Waals surface area contributed by atoms with E-state index in [1.54, 1.807) is 19.2 Å². The first kappa shape index (κ1) is 21.4. The first-order valence-corrected chi connectivity index (χ1v) is 10.5. The number of primary sulfonamides is 1. The van der Waals surface area contributed by atoms with Crippen LogP contribution in [0.2, 0.25) is 0 Å². The van der Waals surface area contributed by atoms with E-state index in [0.29, 0.717) is 12.0 Å². The van der Waals surface area contributed by atoms with E-state index in [1.807, 2.05) is 6.07 Å². The van der Waals surface area contributed by atoms with Gasteiger partial charge in [-0.15, -0.1) is 24.0 Å². The van der Waals surface area contributed by atoms with E-state index in [0.717, 1.165) is 24.6 Å². The second-order valence-electron chi connectivity index (χ2n) is 7.33. The zero-order valence-corrected chi connectivity index (χ0v) is 18.4. The van der Waals surface area contributed by atoms with Gasteiger partial charge in [0.15, 0.2) is 5.96 Å². The largest absolute Gasteiger partial charge is 0.352 e. The quantitative estimate of drug-likeness (QED) is 0.386. The summed E-state index contributed by atoms with van der Waals surface area (Å²) in [6.45, 7) is 2.64. The zero-order chi connectivity index (χ0) is 17.9. The maximum Gasteiger partial charge on any atom is 0.238 e. The standard InChI is InChI=1S/C18H28N4O2S.HI/c1-20-17(22-11-10-18(14-22)8-3-2-4-9-18)21-13-15-6-5-7-16(12-15)25(19,23)24;/h5-7,12H,2-4,8-11,13-14H2,1H3,(H,20,21)(H2,19,23,24);1H. The summed E-state index contributed by atoms with van der Waals surface area (Å²) < 4.78 is 23.0. The van der Waals surface area contributed by atoms with Crippen LogP contribution in [0.5, 0.6) is 0 Å². The lowest BCUT2D eigenvalue weighted by molar-refractivity contribution is 0.203. The number of aliphatic imine (C=N–C) groups is 1. The van der Waals surface area contributed by atoms with Gasteiger partial charge >= 0.3 is 0 Å². The number of guanidine groups is 1. The van der Waals surface area contributed by atoms with Crippen molar-refractivity contribution in [2.45, 2.75) is 50.0 Å². The van der Waals surface area contributed by atoms with Gasteiger partial charge in [0.2, 0.25) is 10.0 Å². The summed E-state index contributed by atoms with van der Waals surface area (Å²) in [6.07, 6.45) is 7.97. The molecule has 1 aliphatic heterocycles. The molecule has 3 N–H and O–H groups in total. The summed E-state index contributed by atoms with van der Waals surface area (Å²) in [7, 11) is -1.87. The van der Waals surface area contributed by atoms with E-state index in [2.05, 4.69) is 15.2 Å². The molecule has 1 heterocycles. The van der Waals surface area contributed by atoms with Gasteiger partial charge in [0, 0.05) is 26.7 Å². The van der Waals surface area contributed by atoms with Crippen molar-refractivity contribution >= 4 is 40.0 Å². The number of sulfonamides is 1. The molecule has 1 aromatic carbocycles. The predicted octanol–water partition coefficient (Wildman–Crippen LogP) is 2.68. The van der Waals surface area contributed by atoms with Gasteiger partial charge in [0.1, 0.15) is 0 Å². The van der Waals surface area contributed by atoms with E-state index in [1.165, 1.54) is 44.6 Å². The van der Waals surface area contributed by atoms with Crippen LogP contribution in [0.25, 0.3) is 0 Å². The third-order valence-corrected chi connectivity index (χ3v) is 6.45. The van der Waals surface area contributed by atoms with Crippen LogP contribution in [-0.4, -0.2) is 39.4 Å². The molecule has 0 atom stereocenters. The molecule has 1 saturated heterocycles. The second-order valence-corrected chi connectivity index (χ2v) is 8.89. The normalized spacial score (nSPS) is 20.1. The van der Waals surface area contributed by atoms with E-state index in [-0.39, 0.29) is 28.9 Å². The number of rotatable bonds is 3. The molecule has 1 saturated carbocycles. The smallest absolute Gasteiger partial charge is 0.238 e. The van der Waals surface area contributed by atoms with Crippen molar-refractivity contribution in [1.82, 2.24) is 10.2 Å². The molecule has 6 nitrogen and oxygen atoms in total. The number of nitrogens with zero attached hydrogens (tertiary/aromatic N) is 2. The number of hydrogen-bond donors (Lipinski definition) is 2. The molecular weight excluding hydrogens is 463 g/mol. The fraction of sp³-hybridized carbons (Fsp3) is 0.611. The fourth-order valence-electron chi connectivity index (χ4n) is 4.17. The molecule has 8 heteroatoms. The maximum absolute atomic E-state index is 11.5. The Morgan fingerprint density at radius 3 is 2.65 bits per heavy atom. The highest BCUT2D eigenvalue weighted by Gasteiger charge is 2.39. The number of hydrogen-bond acceptors (Lipinski definition) is 3. The third kappa shape index (κ3) is 5.10. The molecule has 1 aliphatic carbocycles. The molecule has 3 rings (SSSR count). The Kier molecular flexibility index (Phi) is 7.32. The molecule has 1 aromatic rings. The Morgan fingerprint density at radius 1 is 1.27 bits per heavy atom. The molecule has 2 fully saturated rings.